The lowest BCUT2D eigenvalue weighted by Gasteiger charge is -2.22. The predicted molar refractivity (Wildman–Crippen MR) is 64.1 cm³/mol. The molecule has 5 heteroatoms. The Bertz CT molecular complexity index is 366. The van der Waals surface area contributed by atoms with E-state index >= 15 is 0 Å². The van der Waals surface area contributed by atoms with Gasteiger partial charge in [0.15, 0.2) is 11.5 Å². The molecule has 0 radical (unpaired) electrons. The maximum atomic E-state index is 9.01. The van der Waals surface area contributed by atoms with E-state index in [1.54, 1.807) is 25.1 Å². The number of benzene rings is 1. The summed E-state index contributed by atoms with van der Waals surface area (Å²) in [6.45, 7) is 1.66. The number of rotatable bonds is 6. The maximum absolute atomic E-state index is 9.01. The van der Waals surface area contributed by atoms with Gasteiger partial charge in [-0.15, -0.1) is 0 Å². The third kappa shape index (κ3) is 3.89. The molecule has 1 aromatic carbocycles. The highest BCUT2D eigenvalue weighted by atomic mass is 16.5. The van der Waals surface area contributed by atoms with Crippen LogP contribution in [-0.4, -0.2) is 36.1 Å². The summed E-state index contributed by atoms with van der Waals surface area (Å²) in [6, 6.07) is 5.14. The monoisotopic (exact) mass is 241 g/mol. The fourth-order valence-electron chi connectivity index (χ4n) is 1.22. The molecule has 0 heterocycles. The molecule has 0 aliphatic heterocycles. The van der Waals surface area contributed by atoms with Gasteiger partial charge in [0.1, 0.15) is 6.61 Å². The first-order chi connectivity index (χ1) is 8.02. The van der Waals surface area contributed by atoms with E-state index in [1.807, 2.05) is 0 Å². The van der Waals surface area contributed by atoms with E-state index in [1.165, 1.54) is 7.11 Å². The predicted octanol–water partition coefficient (Wildman–Crippen LogP) is 0.276. The Hall–Kier alpha value is -1.30. The molecule has 1 unspecified atom stereocenters. The lowest BCUT2D eigenvalue weighted by atomic mass is 10.1. The normalized spacial score (nSPS) is 14.2. The Labute approximate surface area is 101 Å². The van der Waals surface area contributed by atoms with Crippen LogP contribution in [0.4, 0.5) is 0 Å². The first kappa shape index (κ1) is 13.8. The van der Waals surface area contributed by atoms with Crippen LogP contribution in [0.15, 0.2) is 18.2 Å². The van der Waals surface area contributed by atoms with E-state index in [0.29, 0.717) is 11.5 Å². The molecule has 0 saturated carbocycles. The van der Waals surface area contributed by atoms with Gasteiger partial charge in [-0.25, -0.2) is 0 Å². The topological polar surface area (TPSA) is 84.9 Å². The van der Waals surface area contributed by atoms with Crippen molar-refractivity contribution in [3.63, 3.8) is 0 Å². The number of nitrogens with two attached hydrogens (primary N) is 1. The third-order valence-electron chi connectivity index (χ3n) is 2.33. The molecule has 1 rings (SSSR count). The summed E-state index contributed by atoms with van der Waals surface area (Å²) in [4.78, 5) is 0. The lowest BCUT2D eigenvalue weighted by Crippen LogP contribution is -2.45. The Morgan fingerprint density at radius 2 is 2.00 bits per heavy atom. The summed E-state index contributed by atoms with van der Waals surface area (Å²) in [7, 11) is 1.52. The van der Waals surface area contributed by atoms with Gasteiger partial charge in [-0.1, -0.05) is 6.07 Å². The van der Waals surface area contributed by atoms with Gasteiger partial charge in [0.05, 0.1) is 25.9 Å². The highest BCUT2D eigenvalue weighted by molar-refractivity contribution is 5.42. The highest BCUT2D eigenvalue weighted by Crippen LogP contribution is 2.28. The standard InChI is InChI=1S/C12H19NO4/c1-12(13,7-15)8-17-10-4-3-9(6-14)5-11(10)16-2/h3-5,14-15H,6-8,13H2,1-2H3. The first-order valence-electron chi connectivity index (χ1n) is 5.32. The van der Waals surface area contributed by atoms with Crippen molar-refractivity contribution < 1.29 is 19.7 Å². The van der Waals surface area contributed by atoms with Crippen molar-refractivity contribution in [2.24, 2.45) is 5.73 Å². The van der Waals surface area contributed by atoms with E-state index < -0.39 is 5.54 Å². The fraction of sp³-hybridized carbons (Fsp3) is 0.500. The van der Waals surface area contributed by atoms with E-state index in [4.69, 9.17) is 25.4 Å². The molecule has 0 spiro atoms. The minimum absolute atomic E-state index is 0.0537. The summed E-state index contributed by atoms with van der Waals surface area (Å²) in [5.74, 6) is 1.07. The molecule has 0 fully saturated rings. The summed E-state index contributed by atoms with van der Waals surface area (Å²) in [6.07, 6.45) is 0. The second kappa shape index (κ2) is 5.86. The zero-order valence-electron chi connectivity index (χ0n) is 10.1. The van der Waals surface area contributed by atoms with Gasteiger partial charge >= 0.3 is 0 Å². The minimum Gasteiger partial charge on any atom is -0.493 e. The van der Waals surface area contributed by atoms with Crippen LogP contribution in [0.1, 0.15) is 12.5 Å². The molecule has 5 nitrogen and oxygen atoms in total. The van der Waals surface area contributed by atoms with Gasteiger partial charge in [0.25, 0.3) is 0 Å². The quantitative estimate of drug-likeness (QED) is 0.666. The average molecular weight is 241 g/mol. The largest absolute Gasteiger partial charge is 0.493 e. The zero-order chi connectivity index (χ0) is 12.9. The second-order valence-electron chi connectivity index (χ2n) is 4.24. The molecule has 0 aliphatic carbocycles. The van der Waals surface area contributed by atoms with Crippen LogP contribution < -0.4 is 15.2 Å². The summed E-state index contributed by atoms with van der Waals surface area (Å²) >= 11 is 0. The number of hydrogen-bond donors (Lipinski definition) is 3. The number of aliphatic hydroxyl groups is 2. The van der Waals surface area contributed by atoms with Gasteiger partial charge in [-0.2, -0.15) is 0 Å². The van der Waals surface area contributed by atoms with Crippen LogP contribution in [0.3, 0.4) is 0 Å². The number of hydrogen-bond acceptors (Lipinski definition) is 5. The third-order valence-corrected chi connectivity index (χ3v) is 2.33. The van der Waals surface area contributed by atoms with E-state index in [-0.39, 0.29) is 19.8 Å². The van der Waals surface area contributed by atoms with Gasteiger partial charge in [-0.3, -0.25) is 0 Å². The van der Waals surface area contributed by atoms with Crippen molar-refractivity contribution in [2.75, 3.05) is 20.3 Å². The van der Waals surface area contributed by atoms with Crippen LogP contribution in [0.25, 0.3) is 0 Å². The summed E-state index contributed by atoms with van der Waals surface area (Å²) in [5, 5.41) is 18.0. The molecule has 0 aromatic heterocycles. The number of aliphatic hydroxyl groups excluding tert-OH is 2. The van der Waals surface area contributed by atoms with Gasteiger partial charge in [0, 0.05) is 0 Å². The van der Waals surface area contributed by atoms with Crippen molar-refractivity contribution in [3.8, 4) is 11.5 Å². The van der Waals surface area contributed by atoms with Gasteiger partial charge in [0.2, 0.25) is 0 Å². The maximum Gasteiger partial charge on any atom is 0.161 e. The molecule has 96 valence electrons. The van der Waals surface area contributed by atoms with Crippen molar-refractivity contribution in [3.05, 3.63) is 23.8 Å². The van der Waals surface area contributed by atoms with Crippen LogP contribution in [-0.2, 0) is 6.61 Å². The molecule has 0 aliphatic rings. The van der Waals surface area contributed by atoms with E-state index in [0.717, 1.165) is 5.56 Å². The molecule has 4 N–H and O–H groups in total. The van der Waals surface area contributed by atoms with Crippen molar-refractivity contribution in [1.82, 2.24) is 0 Å². The Kier molecular flexibility index (Phi) is 4.74. The van der Waals surface area contributed by atoms with Crippen molar-refractivity contribution >= 4 is 0 Å². The molecule has 1 atom stereocenters. The SMILES string of the molecule is COc1cc(CO)ccc1OCC(C)(N)CO. The van der Waals surface area contributed by atoms with E-state index in [9.17, 15) is 0 Å². The molecule has 1 aromatic rings. The molecular formula is C12H19NO4. The van der Waals surface area contributed by atoms with Crippen molar-refractivity contribution in [1.29, 1.82) is 0 Å². The Morgan fingerprint density at radius 1 is 1.29 bits per heavy atom. The average Bonchev–Trinajstić information content (AvgIpc) is 2.36. The lowest BCUT2D eigenvalue weighted by molar-refractivity contribution is 0.143. The fourth-order valence-corrected chi connectivity index (χ4v) is 1.22. The van der Waals surface area contributed by atoms with Crippen LogP contribution in [0.5, 0.6) is 11.5 Å². The summed E-state index contributed by atoms with van der Waals surface area (Å²) < 4.78 is 10.6. The van der Waals surface area contributed by atoms with Crippen molar-refractivity contribution in [2.45, 2.75) is 19.1 Å². The molecule has 17 heavy (non-hydrogen) atoms. The van der Waals surface area contributed by atoms with Gasteiger partial charge in [-0.05, 0) is 24.6 Å². The highest BCUT2D eigenvalue weighted by Gasteiger charge is 2.19. The number of methoxy groups -OCH3 is 1. The summed E-state index contributed by atoms with van der Waals surface area (Å²) in [5.41, 5.74) is 5.71. The number of ether oxygens (including phenoxy) is 2. The van der Waals surface area contributed by atoms with Crippen LogP contribution in [0, 0.1) is 0 Å². The Balaban J connectivity index is 2.77. The smallest absolute Gasteiger partial charge is 0.161 e. The zero-order valence-corrected chi connectivity index (χ0v) is 10.1. The minimum atomic E-state index is -0.791. The van der Waals surface area contributed by atoms with Gasteiger partial charge < -0.3 is 25.4 Å². The molecule has 0 saturated heterocycles. The molecule has 0 bridgehead atoms. The van der Waals surface area contributed by atoms with E-state index in [2.05, 4.69) is 0 Å². The molecular weight excluding hydrogens is 222 g/mol. The second-order valence-corrected chi connectivity index (χ2v) is 4.24. The van der Waals surface area contributed by atoms with Crippen LogP contribution in [0.2, 0.25) is 0 Å². The first-order valence-corrected chi connectivity index (χ1v) is 5.32. The molecule has 0 amide bonds. The Morgan fingerprint density at radius 3 is 2.53 bits per heavy atom. The van der Waals surface area contributed by atoms with Crippen LogP contribution >= 0.6 is 0 Å².